The van der Waals surface area contributed by atoms with Gasteiger partial charge in [0, 0.05) is 6.54 Å². The Bertz CT molecular complexity index is 1240. The molecule has 0 aromatic heterocycles. The summed E-state index contributed by atoms with van der Waals surface area (Å²) in [4.78, 5) is 55.0. The highest BCUT2D eigenvalue weighted by molar-refractivity contribution is 6.01. The third-order valence-corrected chi connectivity index (χ3v) is 7.06. The normalized spacial score (nSPS) is 21.6. The Balaban J connectivity index is 1.52. The Kier molecular flexibility index (Phi) is 10.2. The summed E-state index contributed by atoms with van der Waals surface area (Å²) in [5.74, 6) is -1.35. The van der Waals surface area contributed by atoms with Gasteiger partial charge in [-0.25, -0.2) is 4.39 Å². The highest BCUT2D eigenvalue weighted by Gasteiger charge is 2.36. The third kappa shape index (κ3) is 8.18. The molecule has 1 fully saturated rings. The van der Waals surface area contributed by atoms with Crippen molar-refractivity contribution in [1.82, 2.24) is 20.9 Å². The van der Waals surface area contributed by atoms with Crippen LogP contribution in [-0.2, 0) is 14.4 Å². The monoisotopic (exact) mass is 568 g/mol. The van der Waals surface area contributed by atoms with Gasteiger partial charge in [0.25, 0.3) is 5.91 Å². The van der Waals surface area contributed by atoms with Crippen molar-refractivity contribution in [3.8, 4) is 11.5 Å². The molecular weight excluding hydrogens is 531 g/mol. The Labute approximate surface area is 238 Å². The van der Waals surface area contributed by atoms with Crippen LogP contribution in [0.3, 0.4) is 0 Å². The van der Waals surface area contributed by atoms with Crippen LogP contribution in [0.2, 0.25) is 0 Å². The molecule has 2 aromatic rings. The molecule has 10 nitrogen and oxygen atoms in total. The van der Waals surface area contributed by atoms with Crippen molar-refractivity contribution in [3.05, 3.63) is 59.9 Å². The first-order valence-corrected chi connectivity index (χ1v) is 14.0. The molecule has 41 heavy (non-hydrogen) atoms. The summed E-state index contributed by atoms with van der Waals surface area (Å²) in [6.07, 6.45) is 1.64. The van der Waals surface area contributed by atoms with E-state index in [1.165, 1.54) is 24.3 Å². The smallest absolute Gasteiger partial charge is 0.255 e. The fourth-order valence-corrected chi connectivity index (χ4v) is 5.04. The maximum absolute atomic E-state index is 13.6. The maximum atomic E-state index is 13.6. The van der Waals surface area contributed by atoms with E-state index >= 15 is 0 Å². The number of hydrogen-bond acceptors (Lipinski definition) is 6. The van der Waals surface area contributed by atoms with Gasteiger partial charge >= 0.3 is 0 Å². The minimum Gasteiger partial charge on any atom is -0.492 e. The van der Waals surface area contributed by atoms with Gasteiger partial charge in [0.2, 0.25) is 17.7 Å². The van der Waals surface area contributed by atoms with E-state index in [1.807, 2.05) is 13.8 Å². The Morgan fingerprint density at radius 3 is 2.63 bits per heavy atom. The predicted molar refractivity (Wildman–Crippen MR) is 149 cm³/mol. The van der Waals surface area contributed by atoms with Crippen LogP contribution < -0.4 is 25.4 Å². The van der Waals surface area contributed by atoms with Crippen molar-refractivity contribution in [2.24, 2.45) is 5.92 Å². The number of hydrogen-bond donors (Lipinski definition) is 3. The fraction of sp³-hybridized carbons (Fsp3) is 0.467. The topological polar surface area (TPSA) is 126 Å². The number of nitrogens with one attached hydrogen (secondary N) is 3. The average Bonchev–Trinajstić information content (AvgIpc) is 3.42. The van der Waals surface area contributed by atoms with Crippen LogP contribution in [0.4, 0.5) is 4.39 Å². The van der Waals surface area contributed by atoms with Crippen LogP contribution in [0.15, 0.2) is 48.5 Å². The molecule has 0 radical (unpaired) electrons. The van der Waals surface area contributed by atoms with Gasteiger partial charge in [0.05, 0.1) is 24.6 Å². The summed E-state index contributed by atoms with van der Waals surface area (Å²) >= 11 is 0. The number of fused-ring (bicyclic) bond motifs is 2. The van der Waals surface area contributed by atoms with E-state index in [9.17, 15) is 23.6 Å². The number of carbonyl (C=O) groups excluding carboxylic acids is 4. The average molecular weight is 569 g/mol. The molecule has 2 aromatic carbocycles. The molecule has 2 aliphatic rings. The molecule has 11 heteroatoms. The lowest BCUT2D eigenvalue weighted by Crippen LogP contribution is -2.54. The minimum absolute atomic E-state index is 0.0781. The Morgan fingerprint density at radius 2 is 1.88 bits per heavy atom. The van der Waals surface area contributed by atoms with Crippen LogP contribution in [0, 0.1) is 11.7 Å². The molecule has 4 amide bonds. The van der Waals surface area contributed by atoms with Gasteiger partial charge in [0.15, 0.2) is 0 Å². The second-order valence-corrected chi connectivity index (χ2v) is 10.7. The van der Waals surface area contributed by atoms with Crippen molar-refractivity contribution in [2.45, 2.75) is 57.7 Å². The van der Waals surface area contributed by atoms with Crippen LogP contribution in [0.5, 0.6) is 11.5 Å². The van der Waals surface area contributed by atoms with E-state index in [0.717, 1.165) is 12.8 Å². The van der Waals surface area contributed by atoms with Crippen LogP contribution in [-0.4, -0.2) is 73.0 Å². The van der Waals surface area contributed by atoms with Crippen molar-refractivity contribution in [1.29, 1.82) is 0 Å². The molecule has 3 N–H and O–H groups in total. The molecule has 2 heterocycles. The van der Waals surface area contributed by atoms with E-state index in [-0.39, 0.29) is 49.6 Å². The molecule has 0 saturated carbocycles. The summed E-state index contributed by atoms with van der Waals surface area (Å²) in [6.45, 7) is 4.87. The number of nitrogens with zero attached hydrogens (tertiary/aromatic N) is 1. The van der Waals surface area contributed by atoms with Gasteiger partial charge in [-0.1, -0.05) is 26.0 Å². The zero-order valence-electron chi connectivity index (χ0n) is 23.4. The van der Waals surface area contributed by atoms with Crippen LogP contribution >= 0.6 is 0 Å². The molecule has 0 spiro atoms. The molecule has 3 atom stereocenters. The SMILES string of the molecule is CC(C)C[C@@H]1NC(=O)C[C@@H](C(=O)NCCOc2ccc(F)cc2)NC(=O)c2ccccc2OC[C@H]2CCCN2C1=O. The first-order chi connectivity index (χ1) is 19.7. The van der Waals surface area contributed by atoms with E-state index in [2.05, 4.69) is 16.0 Å². The maximum Gasteiger partial charge on any atom is 0.255 e. The fourth-order valence-electron chi connectivity index (χ4n) is 5.04. The van der Waals surface area contributed by atoms with E-state index < -0.39 is 35.6 Å². The van der Waals surface area contributed by atoms with Gasteiger partial charge in [-0.3, -0.25) is 19.2 Å². The lowest BCUT2D eigenvalue weighted by Gasteiger charge is -2.31. The van der Waals surface area contributed by atoms with Crippen molar-refractivity contribution < 1.29 is 33.0 Å². The van der Waals surface area contributed by atoms with Crippen molar-refractivity contribution in [3.63, 3.8) is 0 Å². The zero-order chi connectivity index (χ0) is 29.4. The highest BCUT2D eigenvalue weighted by atomic mass is 19.1. The number of carbonyl (C=O) groups is 4. The number of amides is 4. The molecular formula is C30H37FN4O6. The van der Waals surface area contributed by atoms with E-state index in [4.69, 9.17) is 9.47 Å². The van der Waals surface area contributed by atoms with Crippen molar-refractivity contribution >= 4 is 23.6 Å². The molecule has 0 bridgehead atoms. The van der Waals surface area contributed by atoms with Gasteiger partial charge in [-0.05, 0) is 61.6 Å². The highest BCUT2D eigenvalue weighted by Crippen LogP contribution is 2.24. The standard InChI is InChI=1S/C30H37FN4O6/c1-19(2)16-25-30(39)35-14-5-6-21(35)18-41-26-8-4-3-7-23(26)28(37)34-24(17-27(36)33-25)29(38)32-13-15-40-22-11-9-20(31)10-12-22/h3-4,7-12,19,21,24-25H,5-6,13-18H2,1-2H3,(H,32,38)(H,33,36)(H,34,37)/t21-,24+,25+/m1/s1. The summed E-state index contributed by atoms with van der Waals surface area (Å²) in [7, 11) is 0. The summed E-state index contributed by atoms with van der Waals surface area (Å²) < 4.78 is 24.7. The first-order valence-electron chi connectivity index (χ1n) is 14.0. The third-order valence-electron chi connectivity index (χ3n) is 7.06. The lowest BCUT2D eigenvalue weighted by atomic mass is 10.0. The number of benzene rings is 2. The largest absolute Gasteiger partial charge is 0.492 e. The Hall–Kier alpha value is -4.15. The molecule has 0 aliphatic carbocycles. The summed E-state index contributed by atoms with van der Waals surface area (Å²) in [5, 5.41) is 8.16. The minimum atomic E-state index is -1.22. The first kappa shape index (κ1) is 29.8. The van der Waals surface area contributed by atoms with Gasteiger partial charge in [-0.15, -0.1) is 0 Å². The second kappa shape index (κ2) is 14.0. The van der Waals surface area contributed by atoms with E-state index in [0.29, 0.717) is 24.5 Å². The molecule has 1 saturated heterocycles. The van der Waals surface area contributed by atoms with Crippen molar-refractivity contribution in [2.75, 3.05) is 26.3 Å². The zero-order valence-corrected chi connectivity index (χ0v) is 23.4. The lowest BCUT2D eigenvalue weighted by molar-refractivity contribution is -0.138. The van der Waals surface area contributed by atoms with Crippen LogP contribution in [0.1, 0.15) is 49.9 Å². The summed E-state index contributed by atoms with van der Waals surface area (Å²) in [6, 6.07) is 9.97. The predicted octanol–water partition coefficient (Wildman–Crippen LogP) is 2.42. The molecule has 0 unspecified atom stereocenters. The van der Waals surface area contributed by atoms with E-state index in [1.54, 1.807) is 29.2 Å². The Morgan fingerprint density at radius 1 is 1.12 bits per heavy atom. The summed E-state index contributed by atoms with van der Waals surface area (Å²) in [5.41, 5.74) is 0.218. The number of rotatable bonds is 7. The molecule has 2 aliphatic heterocycles. The number of ether oxygens (including phenoxy) is 2. The van der Waals surface area contributed by atoms with Gasteiger partial charge < -0.3 is 30.3 Å². The van der Waals surface area contributed by atoms with Gasteiger partial charge in [0.1, 0.15) is 42.6 Å². The van der Waals surface area contributed by atoms with Crippen LogP contribution in [0.25, 0.3) is 0 Å². The molecule has 220 valence electrons. The quantitative estimate of drug-likeness (QED) is 0.441. The second-order valence-electron chi connectivity index (χ2n) is 10.7. The number of halogens is 1. The van der Waals surface area contributed by atoms with Gasteiger partial charge in [-0.2, -0.15) is 0 Å². The number of para-hydroxylation sites is 1. The molecule has 4 rings (SSSR count).